The average Bonchev–Trinajstić information content (AvgIpc) is 2.81. The molecular weight excluding hydrogens is 375 g/mol. The molecule has 6 heteroatoms. The highest BCUT2D eigenvalue weighted by atomic mass is 35.5. The third kappa shape index (κ3) is 6.58. The molecule has 3 N–H and O–H groups in total. The van der Waals surface area contributed by atoms with Crippen LogP contribution < -0.4 is 0 Å². The molecule has 1 fully saturated rings. The van der Waals surface area contributed by atoms with E-state index in [9.17, 15) is 15.0 Å². The van der Waals surface area contributed by atoms with Gasteiger partial charge in [-0.25, -0.2) is 0 Å². The maximum Gasteiger partial charge on any atom is 0.305 e. The van der Waals surface area contributed by atoms with Gasteiger partial charge in [-0.1, -0.05) is 61.0 Å². The molecule has 0 aromatic heterocycles. The summed E-state index contributed by atoms with van der Waals surface area (Å²) in [6, 6.07) is 3.64. The van der Waals surface area contributed by atoms with Gasteiger partial charge in [0.25, 0.3) is 0 Å². The number of carbonyl (C=O) groups is 1. The van der Waals surface area contributed by atoms with Crippen LogP contribution in [0.15, 0.2) is 18.2 Å². The highest BCUT2D eigenvalue weighted by Gasteiger charge is 2.19. The molecule has 2 rings (SSSR count). The van der Waals surface area contributed by atoms with E-state index < -0.39 is 18.2 Å². The van der Waals surface area contributed by atoms with E-state index in [0.29, 0.717) is 16.0 Å². The van der Waals surface area contributed by atoms with E-state index in [4.69, 9.17) is 28.3 Å². The van der Waals surface area contributed by atoms with Crippen LogP contribution in [0.4, 0.5) is 0 Å². The molecule has 0 aliphatic heterocycles. The maximum atomic E-state index is 10.6. The molecular formula is C20H26Cl2O4. The fourth-order valence-electron chi connectivity index (χ4n) is 3.56. The third-order valence-electron chi connectivity index (χ3n) is 4.83. The lowest BCUT2D eigenvalue weighted by Crippen LogP contribution is -2.19. The Morgan fingerprint density at radius 1 is 1.15 bits per heavy atom. The van der Waals surface area contributed by atoms with Crippen molar-refractivity contribution in [2.75, 3.05) is 0 Å². The Balaban J connectivity index is 2.17. The number of hydrogen-bond donors (Lipinski definition) is 3. The minimum absolute atomic E-state index is 0.0349. The highest BCUT2D eigenvalue weighted by Crippen LogP contribution is 2.38. The van der Waals surface area contributed by atoms with Gasteiger partial charge in [-0.05, 0) is 42.0 Å². The number of carboxylic acid groups (broad SMARTS) is 1. The lowest BCUT2D eigenvalue weighted by atomic mass is 9.88. The molecule has 1 aliphatic rings. The molecule has 0 amide bonds. The van der Waals surface area contributed by atoms with Crippen LogP contribution in [0.2, 0.25) is 10.0 Å². The van der Waals surface area contributed by atoms with Crippen molar-refractivity contribution in [1.29, 1.82) is 0 Å². The van der Waals surface area contributed by atoms with E-state index in [0.717, 1.165) is 24.0 Å². The van der Waals surface area contributed by atoms with Gasteiger partial charge in [0, 0.05) is 16.5 Å². The van der Waals surface area contributed by atoms with E-state index in [-0.39, 0.29) is 12.8 Å². The van der Waals surface area contributed by atoms with Crippen LogP contribution >= 0.6 is 23.2 Å². The molecule has 0 spiro atoms. The van der Waals surface area contributed by atoms with Crippen LogP contribution in [-0.4, -0.2) is 33.5 Å². The molecule has 26 heavy (non-hydrogen) atoms. The molecule has 0 heterocycles. The van der Waals surface area contributed by atoms with Crippen LogP contribution in [0.1, 0.15) is 68.4 Å². The standard InChI is InChI=1S/C20H26Cl2O4/c21-14-9-18(13-5-3-1-2-4-6-13)17(19(22)10-14)8-7-15(23)11-16(24)12-20(25)26/h7-10,13,15-16,23-24H,1-6,11-12H2,(H,25,26). The van der Waals surface area contributed by atoms with E-state index in [2.05, 4.69) is 0 Å². The summed E-state index contributed by atoms with van der Waals surface area (Å²) in [6.45, 7) is 0. The summed E-state index contributed by atoms with van der Waals surface area (Å²) in [5, 5.41) is 29.5. The van der Waals surface area contributed by atoms with Crippen molar-refractivity contribution in [3.63, 3.8) is 0 Å². The van der Waals surface area contributed by atoms with Gasteiger partial charge in [-0.3, -0.25) is 4.79 Å². The van der Waals surface area contributed by atoms with E-state index >= 15 is 0 Å². The highest BCUT2D eigenvalue weighted by molar-refractivity contribution is 6.35. The lowest BCUT2D eigenvalue weighted by Gasteiger charge is -2.19. The maximum absolute atomic E-state index is 10.6. The molecule has 1 aromatic rings. The fraction of sp³-hybridized carbons (Fsp3) is 0.550. The van der Waals surface area contributed by atoms with Gasteiger partial charge >= 0.3 is 5.97 Å². The zero-order valence-corrected chi connectivity index (χ0v) is 16.2. The normalized spacial score (nSPS) is 18.6. The monoisotopic (exact) mass is 400 g/mol. The Morgan fingerprint density at radius 2 is 1.81 bits per heavy atom. The molecule has 4 nitrogen and oxygen atoms in total. The molecule has 1 aromatic carbocycles. The summed E-state index contributed by atoms with van der Waals surface area (Å²) >= 11 is 12.6. The van der Waals surface area contributed by atoms with Gasteiger partial charge in [0.15, 0.2) is 0 Å². The number of aliphatic carboxylic acids is 1. The Kier molecular flexibility index (Phi) is 8.42. The van der Waals surface area contributed by atoms with Crippen LogP contribution in [0, 0.1) is 0 Å². The Hall–Kier alpha value is -1.07. The topological polar surface area (TPSA) is 77.8 Å². The van der Waals surface area contributed by atoms with Crippen LogP contribution in [-0.2, 0) is 4.79 Å². The summed E-state index contributed by atoms with van der Waals surface area (Å²) in [6.07, 6.45) is 7.90. The second-order valence-corrected chi connectivity index (χ2v) is 7.84. The molecule has 0 radical (unpaired) electrons. The minimum Gasteiger partial charge on any atom is -0.481 e. The minimum atomic E-state index is -1.09. The van der Waals surface area contributed by atoms with Crippen molar-refractivity contribution in [2.24, 2.45) is 0 Å². The Labute approximate surface area is 164 Å². The first-order valence-electron chi connectivity index (χ1n) is 9.12. The van der Waals surface area contributed by atoms with E-state index in [1.807, 2.05) is 6.07 Å². The summed E-state index contributed by atoms with van der Waals surface area (Å²) in [4.78, 5) is 10.6. The summed E-state index contributed by atoms with van der Waals surface area (Å²) in [5.41, 5.74) is 1.94. The summed E-state index contributed by atoms with van der Waals surface area (Å²) in [7, 11) is 0. The van der Waals surface area contributed by atoms with Gasteiger partial charge in [-0.15, -0.1) is 0 Å². The Morgan fingerprint density at radius 3 is 2.42 bits per heavy atom. The van der Waals surface area contributed by atoms with Crippen molar-refractivity contribution >= 4 is 35.2 Å². The second kappa shape index (κ2) is 10.3. The summed E-state index contributed by atoms with van der Waals surface area (Å²) in [5.74, 6) is -0.701. The number of benzene rings is 1. The van der Waals surface area contributed by atoms with Crippen molar-refractivity contribution in [2.45, 2.75) is 69.5 Å². The van der Waals surface area contributed by atoms with Gasteiger partial charge < -0.3 is 15.3 Å². The second-order valence-electron chi connectivity index (χ2n) is 6.99. The predicted molar refractivity (Wildman–Crippen MR) is 105 cm³/mol. The molecule has 0 saturated heterocycles. The number of carboxylic acids is 1. The van der Waals surface area contributed by atoms with Gasteiger partial charge in [-0.2, -0.15) is 0 Å². The molecule has 2 unspecified atom stereocenters. The number of halogens is 2. The number of rotatable bonds is 7. The van der Waals surface area contributed by atoms with Crippen LogP contribution in [0.25, 0.3) is 6.08 Å². The number of aliphatic hydroxyl groups is 2. The van der Waals surface area contributed by atoms with E-state index in [1.54, 1.807) is 18.2 Å². The quantitative estimate of drug-likeness (QED) is 0.560. The largest absolute Gasteiger partial charge is 0.481 e. The van der Waals surface area contributed by atoms with Crippen LogP contribution in [0.3, 0.4) is 0 Å². The molecule has 2 atom stereocenters. The molecule has 1 aliphatic carbocycles. The smallest absolute Gasteiger partial charge is 0.305 e. The third-order valence-corrected chi connectivity index (χ3v) is 5.36. The van der Waals surface area contributed by atoms with Crippen LogP contribution in [0.5, 0.6) is 0 Å². The van der Waals surface area contributed by atoms with Crippen molar-refractivity contribution in [3.8, 4) is 0 Å². The molecule has 0 bridgehead atoms. The van der Waals surface area contributed by atoms with Gasteiger partial charge in [0.2, 0.25) is 0 Å². The zero-order chi connectivity index (χ0) is 19.1. The van der Waals surface area contributed by atoms with E-state index in [1.165, 1.54) is 25.7 Å². The first kappa shape index (κ1) is 21.2. The number of hydrogen-bond acceptors (Lipinski definition) is 3. The SMILES string of the molecule is O=C(O)CC(O)CC(O)C=Cc1c(Cl)cc(Cl)cc1C1CCCCCC1. The summed E-state index contributed by atoms with van der Waals surface area (Å²) < 4.78 is 0. The molecule has 144 valence electrons. The van der Waals surface area contributed by atoms with Crippen molar-refractivity contribution in [3.05, 3.63) is 39.4 Å². The van der Waals surface area contributed by atoms with Gasteiger partial charge in [0.05, 0.1) is 18.6 Å². The predicted octanol–water partition coefficient (Wildman–Crippen LogP) is 5.03. The van der Waals surface area contributed by atoms with Crippen molar-refractivity contribution < 1.29 is 20.1 Å². The zero-order valence-electron chi connectivity index (χ0n) is 14.7. The molecule has 1 saturated carbocycles. The lowest BCUT2D eigenvalue weighted by molar-refractivity contribution is -0.139. The Bertz CT molecular complexity index is 637. The van der Waals surface area contributed by atoms with Crippen molar-refractivity contribution in [1.82, 2.24) is 0 Å². The first-order valence-corrected chi connectivity index (χ1v) is 9.87. The van der Waals surface area contributed by atoms with Gasteiger partial charge in [0.1, 0.15) is 0 Å². The first-order chi connectivity index (χ1) is 12.4. The fourth-order valence-corrected chi connectivity index (χ4v) is 4.13. The number of aliphatic hydroxyl groups excluding tert-OH is 2. The average molecular weight is 401 g/mol.